The molecule has 0 bridgehead atoms. The van der Waals surface area contributed by atoms with Gasteiger partial charge < -0.3 is 5.32 Å². The summed E-state index contributed by atoms with van der Waals surface area (Å²) >= 11 is 0. The number of hydrogen-bond acceptors (Lipinski definition) is 5. The highest BCUT2D eigenvalue weighted by Crippen LogP contribution is 2.20. The first-order valence-corrected chi connectivity index (χ1v) is 9.25. The quantitative estimate of drug-likeness (QED) is 0.392. The van der Waals surface area contributed by atoms with Crippen molar-refractivity contribution >= 4 is 11.5 Å². The minimum atomic E-state index is -0.488. The van der Waals surface area contributed by atoms with Crippen molar-refractivity contribution in [2.45, 2.75) is 26.8 Å². The standard InChI is InChI=1S/C21H27N3O3/c1-4-23(5-2)20(17-11-9-16(3)10-12-17)14-22-15-21(25)18-7-6-8-19(13-18)24(26)27/h6-13,20,22H,4-5,14-15H2,1-3H3. The summed E-state index contributed by atoms with van der Waals surface area (Å²) in [6.07, 6.45) is 0. The Morgan fingerprint density at radius 2 is 1.81 bits per heavy atom. The molecule has 0 aromatic heterocycles. The van der Waals surface area contributed by atoms with Crippen LogP contribution in [-0.2, 0) is 0 Å². The van der Waals surface area contributed by atoms with Crippen LogP contribution in [0.1, 0.15) is 41.4 Å². The second-order valence-corrected chi connectivity index (χ2v) is 6.51. The van der Waals surface area contributed by atoms with Crippen molar-refractivity contribution in [3.8, 4) is 0 Å². The third kappa shape index (κ3) is 5.70. The average Bonchev–Trinajstić information content (AvgIpc) is 2.68. The third-order valence-corrected chi connectivity index (χ3v) is 4.72. The van der Waals surface area contributed by atoms with E-state index < -0.39 is 4.92 Å². The van der Waals surface area contributed by atoms with Crippen molar-refractivity contribution in [1.29, 1.82) is 0 Å². The van der Waals surface area contributed by atoms with E-state index in [0.717, 1.165) is 13.1 Å². The highest BCUT2D eigenvalue weighted by Gasteiger charge is 2.18. The fourth-order valence-corrected chi connectivity index (χ4v) is 3.13. The van der Waals surface area contributed by atoms with E-state index in [9.17, 15) is 14.9 Å². The number of ketones is 1. The molecule has 6 heteroatoms. The van der Waals surface area contributed by atoms with Crippen LogP contribution in [0, 0.1) is 17.0 Å². The molecule has 27 heavy (non-hydrogen) atoms. The number of non-ortho nitro benzene ring substituents is 1. The van der Waals surface area contributed by atoms with Gasteiger partial charge in [0, 0.05) is 30.3 Å². The minimum absolute atomic E-state index is 0.0680. The maximum atomic E-state index is 12.4. The monoisotopic (exact) mass is 369 g/mol. The van der Waals surface area contributed by atoms with Gasteiger partial charge in [0.15, 0.2) is 5.78 Å². The molecule has 0 saturated heterocycles. The Morgan fingerprint density at radius 3 is 2.41 bits per heavy atom. The number of hydrogen-bond donors (Lipinski definition) is 1. The molecule has 0 aliphatic rings. The number of nitrogens with one attached hydrogen (secondary N) is 1. The van der Waals surface area contributed by atoms with E-state index in [4.69, 9.17) is 0 Å². The Kier molecular flexibility index (Phi) is 7.64. The molecule has 1 N–H and O–H groups in total. The summed E-state index contributed by atoms with van der Waals surface area (Å²) in [4.78, 5) is 25.1. The van der Waals surface area contributed by atoms with E-state index in [2.05, 4.69) is 55.3 Å². The van der Waals surface area contributed by atoms with E-state index in [-0.39, 0.29) is 24.1 Å². The lowest BCUT2D eigenvalue weighted by atomic mass is 10.0. The lowest BCUT2D eigenvalue weighted by Crippen LogP contribution is -2.37. The zero-order valence-electron chi connectivity index (χ0n) is 16.1. The van der Waals surface area contributed by atoms with E-state index >= 15 is 0 Å². The molecule has 0 fully saturated rings. The summed E-state index contributed by atoms with van der Waals surface area (Å²) in [7, 11) is 0. The van der Waals surface area contributed by atoms with Crippen molar-refractivity contribution < 1.29 is 9.72 Å². The molecular formula is C21H27N3O3. The second kappa shape index (κ2) is 9.94. The molecule has 2 aromatic rings. The van der Waals surface area contributed by atoms with Crippen LogP contribution >= 0.6 is 0 Å². The van der Waals surface area contributed by atoms with E-state index in [1.807, 2.05) is 0 Å². The topological polar surface area (TPSA) is 75.5 Å². The molecule has 0 saturated carbocycles. The van der Waals surface area contributed by atoms with Gasteiger partial charge in [-0.1, -0.05) is 55.8 Å². The van der Waals surface area contributed by atoms with Crippen LogP contribution in [0.5, 0.6) is 0 Å². The van der Waals surface area contributed by atoms with Crippen molar-refractivity contribution in [3.05, 3.63) is 75.3 Å². The molecule has 6 nitrogen and oxygen atoms in total. The number of rotatable bonds is 10. The number of likely N-dealkylation sites (N-methyl/N-ethyl adjacent to an activating group) is 1. The predicted octanol–water partition coefficient (Wildman–Crippen LogP) is 3.76. The Labute approximate surface area is 160 Å². The molecule has 0 aliphatic carbocycles. The van der Waals surface area contributed by atoms with Gasteiger partial charge >= 0.3 is 0 Å². The van der Waals surface area contributed by atoms with Gasteiger partial charge in [0.25, 0.3) is 5.69 Å². The molecule has 144 valence electrons. The molecule has 0 aliphatic heterocycles. The van der Waals surface area contributed by atoms with Gasteiger partial charge in [-0.3, -0.25) is 19.8 Å². The van der Waals surface area contributed by atoms with Gasteiger partial charge in [0.05, 0.1) is 11.5 Å². The minimum Gasteiger partial charge on any atom is -0.308 e. The Bertz CT molecular complexity index is 770. The number of carbonyl (C=O) groups excluding carboxylic acids is 1. The van der Waals surface area contributed by atoms with Crippen LogP contribution < -0.4 is 5.32 Å². The molecule has 2 aromatic carbocycles. The second-order valence-electron chi connectivity index (χ2n) is 6.51. The van der Waals surface area contributed by atoms with Crippen LogP contribution in [0.15, 0.2) is 48.5 Å². The van der Waals surface area contributed by atoms with Gasteiger partial charge in [-0.25, -0.2) is 0 Å². The summed E-state index contributed by atoms with van der Waals surface area (Å²) in [5, 5.41) is 14.1. The zero-order valence-corrected chi connectivity index (χ0v) is 16.1. The molecular weight excluding hydrogens is 342 g/mol. The van der Waals surface area contributed by atoms with Crippen LogP contribution in [-0.4, -0.2) is 41.8 Å². The average molecular weight is 369 g/mol. The van der Waals surface area contributed by atoms with Gasteiger partial charge in [0.1, 0.15) is 0 Å². The Balaban J connectivity index is 2.04. The SMILES string of the molecule is CCN(CC)C(CNCC(=O)c1cccc([N+](=O)[O-])c1)c1ccc(C)cc1. The van der Waals surface area contributed by atoms with Crippen molar-refractivity contribution in [2.24, 2.45) is 0 Å². The van der Waals surface area contributed by atoms with E-state index in [1.54, 1.807) is 6.07 Å². The predicted molar refractivity (Wildman–Crippen MR) is 107 cm³/mol. The van der Waals surface area contributed by atoms with Crippen LogP contribution in [0.2, 0.25) is 0 Å². The van der Waals surface area contributed by atoms with Gasteiger partial charge in [0.2, 0.25) is 0 Å². The molecule has 0 amide bonds. The lowest BCUT2D eigenvalue weighted by molar-refractivity contribution is -0.384. The molecule has 0 spiro atoms. The highest BCUT2D eigenvalue weighted by molar-refractivity contribution is 5.98. The van der Waals surface area contributed by atoms with Gasteiger partial charge in [-0.15, -0.1) is 0 Å². The third-order valence-electron chi connectivity index (χ3n) is 4.72. The van der Waals surface area contributed by atoms with E-state index in [1.165, 1.54) is 29.3 Å². The first-order valence-electron chi connectivity index (χ1n) is 9.25. The molecule has 1 unspecified atom stereocenters. The maximum absolute atomic E-state index is 12.4. The van der Waals surface area contributed by atoms with Crippen LogP contribution in [0.3, 0.4) is 0 Å². The van der Waals surface area contributed by atoms with Gasteiger partial charge in [-0.2, -0.15) is 0 Å². The van der Waals surface area contributed by atoms with E-state index in [0.29, 0.717) is 12.1 Å². The summed E-state index contributed by atoms with van der Waals surface area (Å²) in [6, 6.07) is 14.5. The number of nitro groups is 1. The number of carbonyl (C=O) groups is 1. The van der Waals surface area contributed by atoms with Crippen molar-refractivity contribution in [1.82, 2.24) is 10.2 Å². The van der Waals surface area contributed by atoms with Crippen LogP contribution in [0.25, 0.3) is 0 Å². The summed E-state index contributed by atoms with van der Waals surface area (Å²) in [6.45, 7) is 8.91. The summed E-state index contributed by atoms with van der Waals surface area (Å²) in [5.41, 5.74) is 2.71. The normalized spacial score (nSPS) is 12.1. The first-order chi connectivity index (χ1) is 13.0. The Hall–Kier alpha value is -2.57. The maximum Gasteiger partial charge on any atom is 0.270 e. The Morgan fingerprint density at radius 1 is 1.15 bits per heavy atom. The summed E-state index contributed by atoms with van der Waals surface area (Å²) < 4.78 is 0. The fraction of sp³-hybridized carbons (Fsp3) is 0.381. The fourth-order valence-electron chi connectivity index (χ4n) is 3.13. The molecule has 2 rings (SSSR count). The smallest absolute Gasteiger partial charge is 0.270 e. The number of nitrogens with zero attached hydrogens (tertiary/aromatic N) is 2. The highest BCUT2D eigenvalue weighted by atomic mass is 16.6. The molecule has 0 heterocycles. The number of aryl methyl sites for hydroxylation is 1. The lowest BCUT2D eigenvalue weighted by Gasteiger charge is -2.30. The van der Waals surface area contributed by atoms with Crippen molar-refractivity contribution in [2.75, 3.05) is 26.2 Å². The zero-order chi connectivity index (χ0) is 19.8. The number of Topliss-reactive ketones (excluding diaryl/α,β-unsaturated/α-hetero) is 1. The first kappa shape index (κ1) is 20.7. The van der Waals surface area contributed by atoms with Crippen LogP contribution in [0.4, 0.5) is 5.69 Å². The summed E-state index contributed by atoms with van der Waals surface area (Å²) in [5.74, 6) is -0.152. The molecule has 1 atom stereocenters. The van der Waals surface area contributed by atoms with Crippen molar-refractivity contribution in [3.63, 3.8) is 0 Å². The number of nitro benzene ring substituents is 1. The largest absolute Gasteiger partial charge is 0.308 e. The molecule has 0 radical (unpaired) electrons. The number of benzene rings is 2. The van der Waals surface area contributed by atoms with Gasteiger partial charge in [-0.05, 0) is 25.6 Å².